The standard InChI is InChI=1S/C24H25N3O6/c28-21(7-10-27-18-4-2-1-3-17(18)22(29)26-23(27)30)25-14-24(8-11-31-12-9-24)16-5-6-19-20(13-16)33-15-32-19/h1-6,13H,7-12,14-15H2,(H,25,28)(H,26,29,30). The molecule has 2 aromatic carbocycles. The summed E-state index contributed by atoms with van der Waals surface area (Å²) in [6, 6.07) is 12.8. The van der Waals surface area contributed by atoms with Gasteiger partial charge in [0, 0.05) is 38.1 Å². The molecular weight excluding hydrogens is 426 g/mol. The third-order valence-corrected chi connectivity index (χ3v) is 6.53. The fraction of sp³-hybridized carbons (Fsp3) is 0.375. The highest BCUT2D eigenvalue weighted by atomic mass is 16.7. The highest BCUT2D eigenvalue weighted by Crippen LogP contribution is 2.40. The van der Waals surface area contributed by atoms with Gasteiger partial charge in [0.25, 0.3) is 5.56 Å². The molecule has 9 nitrogen and oxygen atoms in total. The van der Waals surface area contributed by atoms with Crippen LogP contribution in [0.25, 0.3) is 10.9 Å². The molecule has 0 radical (unpaired) electrons. The zero-order valence-corrected chi connectivity index (χ0v) is 18.1. The number of fused-ring (bicyclic) bond motifs is 2. The number of hydrogen-bond acceptors (Lipinski definition) is 6. The summed E-state index contributed by atoms with van der Waals surface area (Å²) in [6.45, 7) is 2.06. The van der Waals surface area contributed by atoms with E-state index in [9.17, 15) is 14.4 Å². The van der Waals surface area contributed by atoms with Crippen molar-refractivity contribution in [3.05, 3.63) is 68.9 Å². The first kappa shape index (κ1) is 21.3. The van der Waals surface area contributed by atoms with Crippen molar-refractivity contribution in [3.8, 4) is 11.5 Å². The first-order valence-electron chi connectivity index (χ1n) is 11.0. The maximum Gasteiger partial charge on any atom is 0.328 e. The van der Waals surface area contributed by atoms with E-state index in [2.05, 4.69) is 10.3 Å². The van der Waals surface area contributed by atoms with Crippen molar-refractivity contribution in [2.45, 2.75) is 31.2 Å². The molecule has 0 unspecified atom stereocenters. The number of aryl methyl sites for hydroxylation is 1. The largest absolute Gasteiger partial charge is 0.454 e. The van der Waals surface area contributed by atoms with E-state index in [0.29, 0.717) is 36.4 Å². The second-order valence-electron chi connectivity index (χ2n) is 8.42. The Hall–Kier alpha value is -3.59. The SMILES string of the molecule is O=C(CCn1c(=O)[nH]c(=O)c2ccccc21)NCC1(c2ccc3c(c2)OCO3)CCOCC1. The number of rotatable bonds is 6. The first-order chi connectivity index (χ1) is 16.1. The normalized spacial score (nSPS) is 16.6. The zero-order chi connectivity index (χ0) is 22.8. The minimum Gasteiger partial charge on any atom is -0.454 e. The molecule has 0 bridgehead atoms. The Morgan fingerprint density at radius 3 is 2.70 bits per heavy atom. The van der Waals surface area contributed by atoms with Crippen LogP contribution in [0.5, 0.6) is 11.5 Å². The average molecular weight is 451 g/mol. The number of nitrogens with zero attached hydrogens (tertiary/aromatic N) is 1. The van der Waals surface area contributed by atoms with Crippen LogP contribution in [-0.2, 0) is 21.5 Å². The summed E-state index contributed by atoms with van der Waals surface area (Å²) in [5.74, 6) is 1.28. The summed E-state index contributed by atoms with van der Waals surface area (Å²) in [4.78, 5) is 39.5. The van der Waals surface area contributed by atoms with Gasteiger partial charge in [-0.3, -0.25) is 19.1 Å². The van der Waals surface area contributed by atoms with Gasteiger partial charge >= 0.3 is 5.69 Å². The van der Waals surface area contributed by atoms with E-state index >= 15 is 0 Å². The van der Waals surface area contributed by atoms with Crippen LogP contribution in [0.3, 0.4) is 0 Å². The predicted molar refractivity (Wildman–Crippen MR) is 121 cm³/mol. The second-order valence-corrected chi connectivity index (χ2v) is 8.42. The van der Waals surface area contributed by atoms with Crippen LogP contribution in [0.15, 0.2) is 52.1 Å². The molecule has 2 aliphatic heterocycles. The number of hydrogen-bond donors (Lipinski definition) is 2. The molecule has 2 aliphatic rings. The van der Waals surface area contributed by atoms with Crippen molar-refractivity contribution in [1.29, 1.82) is 0 Å². The summed E-state index contributed by atoms with van der Waals surface area (Å²) in [5.41, 5.74) is 0.379. The van der Waals surface area contributed by atoms with Crippen molar-refractivity contribution in [2.75, 3.05) is 26.6 Å². The highest BCUT2D eigenvalue weighted by molar-refractivity contribution is 5.79. The molecule has 5 rings (SSSR count). The summed E-state index contributed by atoms with van der Waals surface area (Å²) in [7, 11) is 0. The number of aromatic nitrogens is 2. The van der Waals surface area contributed by atoms with Crippen LogP contribution >= 0.6 is 0 Å². The maximum atomic E-state index is 12.8. The Labute approximate surface area is 189 Å². The fourth-order valence-corrected chi connectivity index (χ4v) is 4.59. The lowest BCUT2D eigenvalue weighted by Crippen LogP contribution is -2.45. The Balaban J connectivity index is 1.30. The van der Waals surface area contributed by atoms with Gasteiger partial charge in [0.05, 0.1) is 10.9 Å². The van der Waals surface area contributed by atoms with Gasteiger partial charge in [0.2, 0.25) is 12.7 Å². The van der Waals surface area contributed by atoms with Crippen molar-refractivity contribution in [2.24, 2.45) is 0 Å². The van der Waals surface area contributed by atoms with E-state index in [1.165, 1.54) is 4.57 Å². The molecule has 172 valence electrons. The van der Waals surface area contributed by atoms with Crippen molar-refractivity contribution in [1.82, 2.24) is 14.9 Å². The molecule has 1 aromatic heterocycles. The number of aromatic amines is 1. The molecule has 1 amide bonds. The minimum atomic E-state index is -0.521. The first-order valence-corrected chi connectivity index (χ1v) is 11.0. The lowest BCUT2D eigenvalue weighted by Gasteiger charge is -2.38. The van der Waals surface area contributed by atoms with Gasteiger partial charge in [0.1, 0.15) is 0 Å². The smallest absolute Gasteiger partial charge is 0.328 e. The molecule has 9 heteroatoms. The number of ether oxygens (including phenoxy) is 3. The third-order valence-electron chi connectivity index (χ3n) is 6.53. The van der Waals surface area contributed by atoms with Gasteiger partial charge in [-0.2, -0.15) is 0 Å². The van der Waals surface area contributed by atoms with E-state index in [0.717, 1.165) is 24.2 Å². The van der Waals surface area contributed by atoms with Crippen molar-refractivity contribution < 1.29 is 19.0 Å². The van der Waals surface area contributed by atoms with Crippen molar-refractivity contribution >= 4 is 16.8 Å². The van der Waals surface area contributed by atoms with E-state index in [-0.39, 0.29) is 31.1 Å². The van der Waals surface area contributed by atoms with Crippen molar-refractivity contribution in [3.63, 3.8) is 0 Å². The van der Waals surface area contributed by atoms with E-state index in [4.69, 9.17) is 14.2 Å². The van der Waals surface area contributed by atoms with Crippen LogP contribution < -0.4 is 26.0 Å². The van der Waals surface area contributed by atoms with Crippen LogP contribution in [0, 0.1) is 0 Å². The Bertz CT molecular complexity index is 1310. The molecule has 1 fully saturated rings. The van der Waals surface area contributed by atoms with Crippen LogP contribution in [-0.4, -0.2) is 42.0 Å². The van der Waals surface area contributed by atoms with Gasteiger partial charge in [-0.1, -0.05) is 18.2 Å². The Kier molecular flexibility index (Phi) is 5.63. The predicted octanol–water partition coefficient (Wildman–Crippen LogP) is 1.67. The van der Waals surface area contributed by atoms with Gasteiger partial charge in [-0.05, 0) is 42.7 Å². The van der Waals surface area contributed by atoms with Crippen LogP contribution in [0.1, 0.15) is 24.8 Å². The second kappa shape index (κ2) is 8.74. The lowest BCUT2D eigenvalue weighted by molar-refractivity contribution is -0.121. The number of H-pyrrole nitrogens is 1. The third kappa shape index (κ3) is 4.11. The molecule has 33 heavy (non-hydrogen) atoms. The molecule has 0 saturated carbocycles. The summed E-state index contributed by atoms with van der Waals surface area (Å²) in [5, 5.41) is 3.47. The summed E-state index contributed by atoms with van der Waals surface area (Å²) >= 11 is 0. The number of carbonyl (C=O) groups is 1. The van der Waals surface area contributed by atoms with Crippen LogP contribution in [0.2, 0.25) is 0 Å². The van der Waals surface area contributed by atoms with Crippen LogP contribution in [0.4, 0.5) is 0 Å². The molecule has 1 saturated heterocycles. The summed E-state index contributed by atoms with van der Waals surface area (Å²) in [6.07, 6.45) is 1.66. The van der Waals surface area contributed by atoms with Gasteiger partial charge in [-0.15, -0.1) is 0 Å². The molecule has 0 atom stereocenters. The number of benzene rings is 2. The van der Waals surface area contributed by atoms with E-state index in [1.807, 2.05) is 18.2 Å². The number of nitrogens with one attached hydrogen (secondary N) is 2. The maximum absolute atomic E-state index is 12.8. The molecule has 0 aliphatic carbocycles. The van der Waals surface area contributed by atoms with E-state index in [1.54, 1.807) is 24.3 Å². The highest BCUT2D eigenvalue weighted by Gasteiger charge is 2.36. The lowest BCUT2D eigenvalue weighted by atomic mass is 9.74. The minimum absolute atomic E-state index is 0.115. The Morgan fingerprint density at radius 2 is 1.85 bits per heavy atom. The van der Waals surface area contributed by atoms with Gasteiger partial charge in [0.15, 0.2) is 11.5 Å². The monoisotopic (exact) mass is 451 g/mol. The molecule has 2 N–H and O–H groups in total. The zero-order valence-electron chi connectivity index (χ0n) is 18.1. The van der Waals surface area contributed by atoms with Gasteiger partial charge < -0.3 is 19.5 Å². The topological polar surface area (TPSA) is 112 Å². The number of para-hydroxylation sites is 1. The number of amides is 1. The van der Waals surface area contributed by atoms with Gasteiger partial charge in [-0.25, -0.2) is 4.79 Å². The summed E-state index contributed by atoms with van der Waals surface area (Å²) < 4.78 is 18.0. The molecule has 0 spiro atoms. The number of carbonyl (C=O) groups excluding carboxylic acids is 1. The quantitative estimate of drug-likeness (QED) is 0.590. The molecular formula is C24H25N3O6. The average Bonchev–Trinajstić information content (AvgIpc) is 3.31. The molecule has 3 aromatic rings. The Morgan fingerprint density at radius 1 is 1.06 bits per heavy atom. The fourth-order valence-electron chi connectivity index (χ4n) is 4.59. The molecule has 3 heterocycles. The van der Waals surface area contributed by atoms with E-state index < -0.39 is 11.2 Å².